The van der Waals surface area contributed by atoms with Crippen LogP contribution in [0.1, 0.15) is 24.6 Å². The first kappa shape index (κ1) is 12.5. The number of hydrogen-bond acceptors (Lipinski definition) is 6. The molecule has 1 saturated heterocycles. The molecule has 2 N–H and O–H groups in total. The van der Waals surface area contributed by atoms with Gasteiger partial charge in [-0.3, -0.25) is 0 Å². The monoisotopic (exact) mass is 259 g/mol. The van der Waals surface area contributed by atoms with E-state index in [1.165, 1.54) is 0 Å². The van der Waals surface area contributed by atoms with E-state index in [1.54, 1.807) is 0 Å². The summed E-state index contributed by atoms with van der Waals surface area (Å²) in [5, 5.41) is 3.84. The average molecular weight is 259 g/mol. The molecule has 1 aliphatic rings. The fourth-order valence-electron chi connectivity index (χ4n) is 2.13. The highest BCUT2D eigenvalue weighted by atomic mass is 32.2. The van der Waals surface area contributed by atoms with Gasteiger partial charge in [-0.25, -0.2) is 8.42 Å². The molecular weight excluding hydrogens is 242 g/mol. The molecule has 1 fully saturated rings. The number of rotatable bonds is 4. The highest BCUT2D eigenvalue weighted by Crippen LogP contribution is 2.21. The van der Waals surface area contributed by atoms with Crippen molar-refractivity contribution in [3.05, 3.63) is 11.7 Å². The second kappa shape index (κ2) is 5.14. The van der Waals surface area contributed by atoms with Gasteiger partial charge in [-0.05, 0) is 18.8 Å². The molecule has 1 atom stereocenters. The normalized spacial score (nSPS) is 23.7. The molecule has 96 valence electrons. The van der Waals surface area contributed by atoms with Crippen molar-refractivity contribution in [1.29, 1.82) is 0 Å². The Kier molecular flexibility index (Phi) is 3.78. The van der Waals surface area contributed by atoms with Crippen molar-refractivity contribution in [2.75, 3.05) is 18.1 Å². The number of hydrogen-bond donors (Lipinski definition) is 1. The average Bonchev–Trinajstić information content (AvgIpc) is 2.64. The fraction of sp³-hybridized carbons (Fsp3) is 0.800. The Hall–Kier alpha value is -0.950. The summed E-state index contributed by atoms with van der Waals surface area (Å²) in [6.45, 7) is 0.472. The van der Waals surface area contributed by atoms with Gasteiger partial charge in [0.15, 0.2) is 15.7 Å². The van der Waals surface area contributed by atoms with Gasteiger partial charge in [0, 0.05) is 19.4 Å². The molecular formula is C10H17N3O3S. The minimum atomic E-state index is -2.86. The van der Waals surface area contributed by atoms with Gasteiger partial charge in [0.05, 0.1) is 11.5 Å². The third-order valence-corrected chi connectivity index (χ3v) is 4.79. The summed E-state index contributed by atoms with van der Waals surface area (Å²) in [7, 11) is -2.86. The molecule has 0 aromatic carbocycles. The number of nitrogens with zero attached hydrogens (tertiary/aromatic N) is 2. The van der Waals surface area contributed by atoms with Crippen LogP contribution in [0.3, 0.4) is 0 Å². The molecule has 0 spiro atoms. The lowest BCUT2D eigenvalue weighted by molar-refractivity contribution is 0.369. The van der Waals surface area contributed by atoms with Gasteiger partial charge in [-0.2, -0.15) is 4.98 Å². The predicted octanol–water partition coefficient (Wildman–Crippen LogP) is -0.0619. The first-order valence-electron chi connectivity index (χ1n) is 5.81. The standard InChI is InChI=1S/C10H17N3O3S/c11-4-3-10-12-9(13-16-10)6-8-2-1-5-17(14,15)7-8/h8H,1-7,11H2. The van der Waals surface area contributed by atoms with Gasteiger partial charge in [0.25, 0.3) is 0 Å². The van der Waals surface area contributed by atoms with E-state index in [-0.39, 0.29) is 11.7 Å². The summed E-state index contributed by atoms with van der Waals surface area (Å²) in [6, 6.07) is 0. The molecule has 6 nitrogen and oxygen atoms in total. The largest absolute Gasteiger partial charge is 0.339 e. The summed E-state index contributed by atoms with van der Waals surface area (Å²) in [6.07, 6.45) is 2.80. The van der Waals surface area contributed by atoms with Crippen molar-refractivity contribution in [2.45, 2.75) is 25.7 Å². The first-order valence-corrected chi connectivity index (χ1v) is 7.63. The van der Waals surface area contributed by atoms with E-state index in [4.69, 9.17) is 10.3 Å². The van der Waals surface area contributed by atoms with Gasteiger partial charge in [-0.1, -0.05) is 5.16 Å². The van der Waals surface area contributed by atoms with Crippen molar-refractivity contribution < 1.29 is 12.9 Å². The van der Waals surface area contributed by atoms with E-state index >= 15 is 0 Å². The van der Waals surface area contributed by atoms with E-state index in [0.29, 0.717) is 36.9 Å². The summed E-state index contributed by atoms with van der Waals surface area (Å²) in [5.41, 5.74) is 5.38. The van der Waals surface area contributed by atoms with E-state index in [2.05, 4.69) is 10.1 Å². The van der Waals surface area contributed by atoms with E-state index in [0.717, 1.165) is 12.8 Å². The summed E-state index contributed by atoms with van der Waals surface area (Å²) in [4.78, 5) is 4.19. The summed E-state index contributed by atoms with van der Waals surface area (Å²) < 4.78 is 28.0. The fourth-order valence-corrected chi connectivity index (χ4v) is 3.91. The van der Waals surface area contributed by atoms with Gasteiger partial charge >= 0.3 is 0 Å². The molecule has 0 aliphatic carbocycles. The van der Waals surface area contributed by atoms with Crippen molar-refractivity contribution >= 4 is 9.84 Å². The van der Waals surface area contributed by atoms with Gasteiger partial charge in [0.1, 0.15) is 0 Å². The zero-order valence-electron chi connectivity index (χ0n) is 9.63. The zero-order chi connectivity index (χ0) is 12.3. The van der Waals surface area contributed by atoms with Gasteiger partial charge in [-0.15, -0.1) is 0 Å². The third-order valence-electron chi connectivity index (χ3n) is 2.90. The lowest BCUT2D eigenvalue weighted by Gasteiger charge is -2.20. The topological polar surface area (TPSA) is 99.1 Å². The smallest absolute Gasteiger partial charge is 0.227 e. The van der Waals surface area contributed by atoms with Crippen LogP contribution in [0.2, 0.25) is 0 Å². The molecule has 0 saturated carbocycles. The van der Waals surface area contributed by atoms with Crippen molar-refractivity contribution in [2.24, 2.45) is 11.7 Å². The second-order valence-electron chi connectivity index (χ2n) is 4.47. The third kappa shape index (κ3) is 3.50. The number of sulfone groups is 1. The van der Waals surface area contributed by atoms with E-state index in [1.807, 2.05) is 0 Å². The Balaban J connectivity index is 1.95. The molecule has 0 radical (unpaired) electrons. The molecule has 0 amide bonds. The Labute approximate surface area is 100 Å². The van der Waals surface area contributed by atoms with Crippen LogP contribution in [0, 0.1) is 5.92 Å². The van der Waals surface area contributed by atoms with Crippen molar-refractivity contribution in [3.8, 4) is 0 Å². The van der Waals surface area contributed by atoms with Crippen LogP contribution in [0.25, 0.3) is 0 Å². The molecule has 1 aromatic heterocycles. The van der Waals surface area contributed by atoms with E-state index in [9.17, 15) is 8.42 Å². The van der Waals surface area contributed by atoms with Crippen molar-refractivity contribution in [3.63, 3.8) is 0 Å². The minimum Gasteiger partial charge on any atom is -0.339 e. The zero-order valence-corrected chi connectivity index (χ0v) is 10.4. The van der Waals surface area contributed by atoms with Crippen LogP contribution >= 0.6 is 0 Å². The highest BCUT2D eigenvalue weighted by Gasteiger charge is 2.26. The summed E-state index contributed by atoms with van der Waals surface area (Å²) >= 11 is 0. The molecule has 1 aliphatic heterocycles. The molecule has 2 rings (SSSR count). The maximum Gasteiger partial charge on any atom is 0.227 e. The molecule has 2 heterocycles. The molecule has 0 bridgehead atoms. The van der Waals surface area contributed by atoms with Crippen molar-refractivity contribution in [1.82, 2.24) is 10.1 Å². The highest BCUT2D eigenvalue weighted by molar-refractivity contribution is 7.91. The number of nitrogens with two attached hydrogens (primary N) is 1. The van der Waals surface area contributed by atoms with Crippen LogP contribution in [0.5, 0.6) is 0 Å². The minimum absolute atomic E-state index is 0.122. The molecule has 1 aromatic rings. The van der Waals surface area contributed by atoms with E-state index < -0.39 is 9.84 Å². The van der Waals surface area contributed by atoms with Crippen LogP contribution in [-0.4, -0.2) is 36.6 Å². The molecule has 1 unspecified atom stereocenters. The second-order valence-corrected chi connectivity index (χ2v) is 6.70. The Morgan fingerprint density at radius 1 is 1.47 bits per heavy atom. The lowest BCUT2D eigenvalue weighted by Crippen LogP contribution is -2.26. The maximum atomic E-state index is 11.5. The maximum absolute atomic E-state index is 11.5. The van der Waals surface area contributed by atoms with Crippen LogP contribution in [0.4, 0.5) is 0 Å². The first-order chi connectivity index (χ1) is 8.09. The predicted molar refractivity (Wildman–Crippen MR) is 62.1 cm³/mol. The van der Waals surface area contributed by atoms with Crippen LogP contribution < -0.4 is 5.73 Å². The Morgan fingerprint density at radius 3 is 3.00 bits per heavy atom. The quantitative estimate of drug-likeness (QED) is 0.813. The van der Waals surface area contributed by atoms with Gasteiger partial charge in [0.2, 0.25) is 5.89 Å². The van der Waals surface area contributed by atoms with Crippen LogP contribution in [-0.2, 0) is 22.7 Å². The van der Waals surface area contributed by atoms with Gasteiger partial charge < -0.3 is 10.3 Å². The molecule has 17 heavy (non-hydrogen) atoms. The Morgan fingerprint density at radius 2 is 2.29 bits per heavy atom. The lowest BCUT2D eigenvalue weighted by atomic mass is 10.0. The number of aromatic nitrogens is 2. The summed E-state index contributed by atoms with van der Waals surface area (Å²) in [5.74, 6) is 1.80. The van der Waals surface area contributed by atoms with Crippen LogP contribution in [0.15, 0.2) is 4.52 Å². The Bertz CT molecular complexity index is 469. The molecule has 7 heteroatoms. The SMILES string of the molecule is NCCc1nc(CC2CCCS(=O)(=O)C2)no1.